The molecule has 7 rings (SSSR count). The highest BCUT2D eigenvalue weighted by Gasteiger charge is 2.54. The lowest BCUT2D eigenvalue weighted by Gasteiger charge is -2.55. The van der Waals surface area contributed by atoms with Gasteiger partial charge < -0.3 is 9.22 Å². The molecule has 4 heterocycles. The summed E-state index contributed by atoms with van der Waals surface area (Å²) < 4.78 is 7.56. The Morgan fingerprint density at radius 2 is 1.58 bits per heavy atom. The topological polar surface area (TPSA) is 55.0 Å². The van der Waals surface area contributed by atoms with Gasteiger partial charge in [-0.15, -0.1) is 0 Å². The van der Waals surface area contributed by atoms with E-state index in [1.807, 2.05) is 12.3 Å². The molecule has 4 fully saturated rings. The number of carbonyl (C=O) groups is 1. The number of esters is 1. The molecule has 1 aromatic heterocycles. The Labute approximate surface area is 214 Å². The van der Waals surface area contributed by atoms with Crippen LogP contribution < -0.4 is 0 Å². The maximum absolute atomic E-state index is 14.1. The van der Waals surface area contributed by atoms with Crippen molar-refractivity contribution >= 4 is 5.97 Å². The van der Waals surface area contributed by atoms with Gasteiger partial charge in [0.1, 0.15) is 6.54 Å². The van der Waals surface area contributed by atoms with Crippen molar-refractivity contribution < 1.29 is 14.0 Å². The molecule has 2 aromatic carbocycles. The molecule has 3 aliphatic heterocycles. The van der Waals surface area contributed by atoms with Crippen molar-refractivity contribution in [1.29, 1.82) is 0 Å². The second kappa shape index (κ2) is 9.85. The molecule has 4 aliphatic rings. The van der Waals surface area contributed by atoms with Gasteiger partial charge in [0, 0.05) is 30.5 Å². The van der Waals surface area contributed by atoms with Gasteiger partial charge in [0.25, 0.3) is 0 Å². The fraction of sp³-hybridized carbons (Fsp3) is 0.484. The third-order valence-corrected chi connectivity index (χ3v) is 9.37. The number of piperidine rings is 3. The molecular formula is C31H38N3O2+. The fourth-order valence-corrected chi connectivity index (χ4v) is 7.46. The van der Waals surface area contributed by atoms with Crippen LogP contribution in [0, 0.1) is 5.92 Å². The predicted octanol–water partition coefficient (Wildman–Crippen LogP) is 5.94. The van der Waals surface area contributed by atoms with Crippen LogP contribution in [0.15, 0.2) is 72.9 Å². The molecule has 0 spiro atoms. The zero-order valence-electron chi connectivity index (χ0n) is 21.1. The van der Waals surface area contributed by atoms with Crippen LogP contribution in [0.1, 0.15) is 74.2 Å². The van der Waals surface area contributed by atoms with E-state index in [4.69, 9.17) is 4.74 Å². The number of ether oxygens (including phenoxy) is 1. The summed E-state index contributed by atoms with van der Waals surface area (Å²) in [5.41, 5.74) is 3.09. The van der Waals surface area contributed by atoms with Gasteiger partial charge in [-0.2, -0.15) is 5.10 Å². The lowest BCUT2D eigenvalue weighted by atomic mass is 9.74. The van der Waals surface area contributed by atoms with Crippen molar-refractivity contribution in [3.63, 3.8) is 0 Å². The third-order valence-electron chi connectivity index (χ3n) is 9.37. The van der Waals surface area contributed by atoms with E-state index < -0.39 is 5.41 Å². The summed E-state index contributed by atoms with van der Waals surface area (Å²) in [6, 6.07) is 23.5. The van der Waals surface area contributed by atoms with E-state index in [1.165, 1.54) is 18.4 Å². The number of aromatic nitrogens is 2. The number of H-pyrrole nitrogens is 1. The Balaban J connectivity index is 1.30. The van der Waals surface area contributed by atoms with Crippen molar-refractivity contribution in [2.24, 2.45) is 5.92 Å². The first-order valence-electron chi connectivity index (χ1n) is 13.9. The molecular weight excluding hydrogens is 446 g/mol. The Morgan fingerprint density at radius 3 is 2.22 bits per heavy atom. The van der Waals surface area contributed by atoms with E-state index in [0.29, 0.717) is 5.92 Å². The van der Waals surface area contributed by atoms with Crippen LogP contribution in [0.3, 0.4) is 0 Å². The first-order valence-corrected chi connectivity index (χ1v) is 13.9. The Morgan fingerprint density at radius 1 is 0.917 bits per heavy atom. The lowest BCUT2D eigenvalue weighted by Crippen LogP contribution is -2.66. The molecule has 3 saturated heterocycles. The van der Waals surface area contributed by atoms with Crippen molar-refractivity contribution in [2.75, 3.05) is 19.6 Å². The molecule has 5 nitrogen and oxygen atoms in total. The quantitative estimate of drug-likeness (QED) is 0.267. The molecule has 188 valence electrons. The first-order chi connectivity index (χ1) is 17.7. The van der Waals surface area contributed by atoms with Gasteiger partial charge in [-0.05, 0) is 24.5 Å². The summed E-state index contributed by atoms with van der Waals surface area (Å²) in [7, 11) is 0. The van der Waals surface area contributed by atoms with Crippen LogP contribution in [-0.2, 0) is 14.9 Å². The number of rotatable bonds is 6. The van der Waals surface area contributed by atoms with E-state index in [0.717, 1.165) is 73.9 Å². The Bertz CT molecular complexity index is 1130. The normalized spacial score (nSPS) is 28.2. The molecule has 1 saturated carbocycles. The number of fused-ring (bicyclic) bond motifs is 3. The number of hydrogen-bond donors (Lipinski definition) is 1. The summed E-state index contributed by atoms with van der Waals surface area (Å²) in [5.74, 6) is 0.482. The largest absolute Gasteiger partial charge is 0.455 e. The zero-order chi connectivity index (χ0) is 24.4. The standard InChI is InChI=1S/C31H38N3O2/c35-30(31(18-9-1-2-10-19-31)26-13-7-4-8-14-26)36-28-23-34(21-16-24(28)17-22-34)29(27-15-20-32-33-27)25-11-5-3-6-12-25/h3-8,11-15,20,24,28-29H,1-2,9-10,16-19,21-23H2,(H,32,33)/q+1. The number of carbonyl (C=O) groups excluding carboxylic acids is 1. The average Bonchev–Trinajstić information content (AvgIpc) is 3.33. The number of nitrogens with zero attached hydrogens (tertiary/aromatic N) is 2. The third kappa shape index (κ3) is 4.17. The van der Waals surface area contributed by atoms with Crippen LogP contribution in [0.25, 0.3) is 0 Å². The van der Waals surface area contributed by atoms with Crippen molar-refractivity contribution in [3.8, 4) is 0 Å². The minimum Gasteiger partial charge on any atom is -0.455 e. The van der Waals surface area contributed by atoms with Crippen LogP contribution in [0.2, 0.25) is 0 Å². The van der Waals surface area contributed by atoms with Gasteiger partial charge in [-0.25, -0.2) is 0 Å². The average molecular weight is 485 g/mol. The first kappa shape index (κ1) is 23.5. The maximum atomic E-state index is 14.1. The van der Waals surface area contributed by atoms with Crippen LogP contribution in [0.5, 0.6) is 0 Å². The smallest absolute Gasteiger partial charge is 0.317 e. The predicted molar refractivity (Wildman–Crippen MR) is 140 cm³/mol. The zero-order valence-corrected chi connectivity index (χ0v) is 21.1. The van der Waals surface area contributed by atoms with Gasteiger partial charge in [-0.3, -0.25) is 9.89 Å². The number of hydrogen-bond acceptors (Lipinski definition) is 3. The number of benzene rings is 2. The fourth-order valence-electron chi connectivity index (χ4n) is 7.46. The van der Waals surface area contributed by atoms with E-state index in [-0.39, 0.29) is 18.1 Å². The Kier molecular flexibility index (Phi) is 6.43. The SMILES string of the molecule is O=C(OC1C[N+]2(C(c3ccccc3)c3ccn[nH]3)CCC1CC2)C1(c2ccccc2)CCCCCC1. The van der Waals surface area contributed by atoms with E-state index in [9.17, 15) is 4.79 Å². The second-order valence-electron chi connectivity index (χ2n) is 11.3. The van der Waals surface area contributed by atoms with Gasteiger partial charge in [0.2, 0.25) is 0 Å². The molecule has 5 heteroatoms. The van der Waals surface area contributed by atoms with Crippen molar-refractivity contribution in [1.82, 2.24) is 10.2 Å². The molecule has 1 aliphatic carbocycles. The van der Waals surface area contributed by atoms with Crippen molar-refractivity contribution in [2.45, 2.75) is 68.9 Å². The second-order valence-corrected chi connectivity index (χ2v) is 11.3. The van der Waals surface area contributed by atoms with Gasteiger partial charge >= 0.3 is 5.97 Å². The van der Waals surface area contributed by atoms with Crippen LogP contribution in [-0.4, -0.2) is 46.4 Å². The summed E-state index contributed by atoms with van der Waals surface area (Å²) >= 11 is 0. The number of nitrogens with one attached hydrogen (secondary N) is 1. The number of quaternary nitrogens is 1. The molecule has 2 unspecified atom stereocenters. The Hall–Kier alpha value is -2.92. The van der Waals surface area contributed by atoms with E-state index in [1.54, 1.807) is 0 Å². The molecule has 36 heavy (non-hydrogen) atoms. The monoisotopic (exact) mass is 484 g/mol. The summed E-state index contributed by atoms with van der Waals surface area (Å²) in [6.07, 6.45) is 10.4. The maximum Gasteiger partial charge on any atom is 0.317 e. The van der Waals surface area contributed by atoms with Crippen molar-refractivity contribution in [3.05, 3.63) is 89.7 Å². The van der Waals surface area contributed by atoms with E-state index >= 15 is 0 Å². The van der Waals surface area contributed by atoms with Crippen LogP contribution in [0.4, 0.5) is 0 Å². The molecule has 0 radical (unpaired) electrons. The highest BCUT2D eigenvalue weighted by molar-refractivity contribution is 5.83. The lowest BCUT2D eigenvalue weighted by molar-refractivity contribution is -0.968. The van der Waals surface area contributed by atoms with Gasteiger partial charge in [0.15, 0.2) is 12.1 Å². The highest BCUT2D eigenvalue weighted by atomic mass is 16.5. The summed E-state index contributed by atoms with van der Waals surface area (Å²) in [6.45, 7) is 3.10. The molecule has 1 N–H and O–H groups in total. The molecule has 2 bridgehead atoms. The highest BCUT2D eigenvalue weighted by Crippen LogP contribution is 2.46. The van der Waals surface area contributed by atoms with Crippen LogP contribution >= 0.6 is 0 Å². The minimum atomic E-state index is -0.503. The molecule has 3 aromatic rings. The van der Waals surface area contributed by atoms with Gasteiger partial charge in [0.05, 0.1) is 24.2 Å². The van der Waals surface area contributed by atoms with Gasteiger partial charge in [-0.1, -0.05) is 86.3 Å². The molecule has 2 atom stereocenters. The molecule has 0 amide bonds. The number of aromatic amines is 1. The summed E-state index contributed by atoms with van der Waals surface area (Å²) in [5, 5.41) is 7.58. The summed E-state index contributed by atoms with van der Waals surface area (Å²) in [4.78, 5) is 14.1. The minimum absolute atomic E-state index is 0.0188. The van der Waals surface area contributed by atoms with E-state index in [2.05, 4.69) is 70.9 Å².